The van der Waals surface area contributed by atoms with Crippen molar-refractivity contribution in [2.45, 2.75) is 33.0 Å². The van der Waals surface area contributed by atoms with Crippen LogP contribution in [-0.4, -0.2) is 0 Å². The van der Waals surface area contributed by atoms with Crippen LogP contribution in [-0.2, 0) is 22.9 Å². The molecule has 0 aromatic heterocycles. The maximum absolute atomic E-state index is 2.46. The molecule has 0 bridgehead atoms. The Balaban J connectivity index is 2.14. The molecular weight excluding hydrogens is 347 g/mol. The Hall–Kier alpha value is -0.170. The number of rotatable bonds is 4. The molecule has 0 unspecified atom stereocenters. The second-order valence-electron chi connectivity index (χ2n) is 4.63. The van der Waals surface area contributed by atoms with Crippen LogP contribution in [0, 0.1) is 0 Å². The van der Waals surface area contributed by atoms with Gasteiger partial charge in [-0.05, 0) is 0 Å². The van der Waals surface area contributed by atoms with Gasteiger partial charge in [0.1, 0.15) is 0 Å². The summed E-state index contributed by atoms with van der Waals surface area (Å²) >= 11 is -0.757. The first-order valence-electron chi connectivity index (χ1n) is 5.72. The molecule has 0 nitrogen and oxygen atoms in total. The van der Waals surface area contributed by atoms with Gasteiger partial charge in [-0.3, -0.25) is 0 Å². The normalized spacial score (nSPS) is 23.9. The Kier molecular flexibility index (Phi) is 3.30. The molecule has 0 saturated carbocycles. The van der Waals surface area contributed by atoms with E-state index in [1.807, 2.05) is 0 Å². The summed E-state index contributed by atoms with van der Waals surface area (Å²) in [7, 11) is 0. The van der Waals surface area contributed by atoms with Crippen LogP contribution in [0.2, 0.25) is 6.34 Å². The van der Waals surface area contributed by atoms with E-state index in [9.17, 15) is 0 Å². The summed E-state index contributed by atoms with van der Waals surface area (Å²) in [5, 5.41) is 0. The third-order valence-electron chi connectivity index (χ3n) is 3.06. The van der Waals surface area contributed by atoms with Gasteiger partial charge in [-0.25, -0.2) is 0 Å². The van der Waals surface area contributed by atoms with Crippen molar-refractivity contribution in [3.63, 3.8) is 0 Å². The van der Waals surface area contributed by atoms with Gasteiger partial charge >= 0.3 is 105 Å². The standard InChI is InChI=1S/C8H11.C6H7.Hf/c1-2-5-8-6-3-4-7-8;1-6-4-2-3-5-6;/h3-4,6-7H,2,5H2,1H3;2-5H,1H3;. The van der Waals surface area contributed by atoms with Crippen LogP contribution in [0.5, 0.6) is 0 Å². The maximum atomic E-state index is 2.46. The molecule has 2 aliphatic rings. The van der Waals surface area contributed by atoms with Crippen molar-refractivity contribution in [1.82, 2.24) is 0 Å². The molecule has 0 N–H and O–H groups in total. The molecule has 78 valence electrons. The second-order valence-corrected chi connectivity index (χ2v) is 12.7. The summed E-state index contributed by atoms with van der Waals surface area (Å²) in [6.07, 6.45) is 21.3. The van der Waals surface area contributed by atoms with Gasteiger partial charge < -0.3 is 0 Å². The van der Waals surface area contributed by atoms with E-state index in [0.717, 1.165) is 0 Å². The molecule has 0 heterocycles. The van der Waals surface area contributed by atoms with Crippen molar-refractivity contribution in [3.05, 3.63) is 48.6 Å². The summed E-state index contributed by atoms with van der Waals surface area (Å²) in [6, 6.07) is 0. The van der Waals surface area contributed by atoms with E-state index in [4.69, 9.17) is 0 Å². The fourth-order valence-electron chi connectivity index (χ4n) is 2.39. The zero-order chi connectivity index (χ0) is 10.8. The predicted molar refractivity (Wildman–Crippen MR) is 62.5 cm³/mol. The molecule has 2 rings (SSSR count). The van der Waals surface area contributed by atoms with Crippen LogP contribution >= 0.6 is 0 Å². The summed E-state index contributed by atoms with van der Waals surface area (Å²) in [4.78, 5) is 0. The van der Waals surface area contributed by atoms with E-state index in [2.05, 4.69) is 62.5 Å². The first-order chi connectivity index (χ1) is 7.18. The Morgan fingerprint density at radius 2 is 1.47 bits per heavy atom. The van der Waals surface area contributed by atoms with Crippen molar-refractivity contribution in [2.24, 2.45) is 0 Å². The summed E-state index contributed by atoms with van der Waals surface area (Å²) in [5.41, 5.74) is 0. The Morgan fingerprint density at radius 1 is 0.933 bits per heavy atom. The molecule has 0 fully saturated rings. The van der Waals surface area contributed by atoms with Gasteiger partial charge in [-0.15, -0.1) is 0 Å². The topological polar surface area (TPSA) is 0 Å². The van der Waals surface area contributed by atoms with Crippen LogP contribution in [0.15, 0.2) is 48.6 Å². The monoisotopic (exact) mass is 366 g/mol. The number of hydrogen-bond donors (Lipinski definition) is 0. The van der Waals surface area contributed by atoms with Gasteiger partial charge in [0.2, 0.25) is 0 Å². The van der Waals surface area contributed by atoms with Crippen molar-refractivity contribution in [1.29, 1.82) is 0 Å². The minimum absolute atomic E-state index is 0.453. The summed E-state index contributed by atoms with van der Waals surface area (Å²) < 4.78 is 0.955. The van der Waals surface area contributed by atoms with Crippen molar-refractivity contribution in [3.8, 4) is 0 Å². The molecule has 0 aromatic rings. The molecule has 2 aliphatic carbocycles. The minimum atomic E-state index is -0.757. The zero-order valence-electron chi connectivity index (χ0n) is 9.53. The van der Waals surface area contributed by atoms with Gasteiger partial charge in [0.05, 0.1) is 0 Å². The van der Waals surface area contributed by atoms with Gasteiger partial charge in [0, 0.05) is 0 Å². The number of allylic oxidation sites excluding steroid dienone is 8. The molecule has 0 atom stereocenters. The van der Waals surface area contributed by atoms with E-state index in [1.54, 1.807) is 0 Å². The summed E-state index contributed by atoms with van der Waals surface area (Å²) in [5.74, 6) is 0. The summed E-state index contributed by atoms with van der Waals surface area (Å²) in [6.45, 7) is 4.71. The van der Waals surface area contributed by atoms with Gasteiger partial charge in [0.15, 0.2) is 0 Å². The molecule has 1 heteroatoms. The van der Waals surface area contributed by atoms with Crippen molar-refractivity contribution >= 4 is 0 Å². The Bertz CT molecular complexity index is 320. The second kappa shape index (κ2) is 4.37. The first-order valence-corrected chi connectivity index (χ1v) is 9.31. The predicted octanol–water partition coefficient (Wildman–Crippen LogP) is 4.46. The fraction of sp³-hybridized carbons (Fsp3) is 0.429. The van der Waals surface area contributed by atoms with Crippen LogP contribution in [0.3, 0.4) is 0 Å². The molecular formula is C14H18Hf. The molecule has 0 amide bonds. The molecule has 15 heavy (non-hydrogen) atoms. The van der Waals surface area contributed by atoms with E-state index in [1.165, 1.54) is 12.8 Å². The van der Waals surface area contributed by atoms with Crippen LogP contribution in [0.4, 0.5) is 0 Å². The molecule has 0 saturated heterocycles. The third kappa shape index (κ3) is 2.50. The third-order valence-corrected chi connectivity index (χ3v) is 9.96. The van der Waals surface area contributed by atoms with Crippen LogP contribution < -0.4 is 0 Å². The van der Waals surface area contributed by atoms with E-state index < -0.39 is 22.9 Å². The zero-order valence-corrected chi connectivity index (χ0v) is 13.1. The Labute approximate surface area is 104 Å². The first kappa shape index (κ1) is 11.3. The molecule has 0 aromatic carbocycles. The van der Waals surface area contributed by atoms with Crippen LogP contribution in [0.1, 0.15) is 26.7 Å². The van der Waals surface area contributed by atoms with Gasteiger partial charge in [-0.2, -0.15) is 0 Å². The van der Waals surface area contributed by atoms with E-state index in [-0.39, 0.29) is 0 Å². The fourth-order valence-corrected chi connectivity index (χ4v) is 9.92. The molecule has 0 spiro atoms. The van der Waals surface area contributed by atoms with E-state index >= 15 is 0 Å². The average molecular weight is 365 g/mol. The van der Waals surface area contributed by atoms with Crippen molar-refractivity contribution in [2.75, 3.05) is 0 Å². The Morgan fingerprint density at radius 3 is 2.00 bits per heavy atom. The van der Waals surface area contributed by atoms with E-state index in [0.29, 0.717) is 6.34 Å². The van der Waals surface area contributed by atoms with Gasteiger partial charge in [0.25, 0.3) is 0 Å². The van der Waals surface area contributed by atoms with Crippen molar-refractivity contribution < 1.29 is 22.9 Å². The number of hydrogen-bond acceptors (Lipinski definition) is 0. The molecule has 0 aliphatic heterocycles. The average Bonchev–Trinajstić information content (AvgIpc) is 2.77. The van der Waals surface area contributed by atoms with Crippen LogP contribution in [0.25, 0.3) is 0 Å². The van der Waals surface area contributed by atoms with Gasteiger partial charge in [-0.1, -0.05) is 0 Å². The SMILES string of the molecule is CCC[C]1([Hf][C]2(C)C=CC=C2)C=CC=C1. The quantitative estimate of drug-likeness (QED) is 0.646. The molecule has 0 radical (unpaired) electrons.